The van der Waals surface area contributed by atoms with E-state index in [4.69, 9.17) is 16.6 Å². The maximum absolute atomic E-state index is 11.7. The van der Waals surface area contributed by atoms with Gasteiger partial charge in [-0.1, -0.05) is 60.2 Å². The average molecular weight is 459 g/mol. The summed E-state index contributed by atoms with van der Waals surface area (Å²) in [6.07, 6.45) is 1.16. The van der Waals surface area contributed by atoms with E-state index in [2.05, 4.69) is 16.8 Å². The van der Waals surface area contributed by atoms with Crippen molar-refractivity contribution in [3.63, 3.8) is 0 Å². The van der Waals surface area contributed by atoms with Gasteiger partial charge in [0.1, 0.15) is 5.69 Å². The number of benzene rings is 2. The lowest BCUT2D eigenvalue weighted by atomic mass is 10.1. The third-order valence-corrected chi connectivity index (χ3v) is 6.49. The predicted octanol–water partition coefficient (Wildman–Crippen LogP) is 4.10. The highest BCUT2D eigenvalue weighted by molar-refractivity contribution is 8.23. The highest BCUT2D eigenvalue weighted by atomic mass is 32.2. The number of hydrogen-bond acceptors (Lipinski definition) is 7. The molecule has 3 rings (SSSR count). The molecule has 1 heterocycles. The Hall–Kier alpha value is -2.64. The number of hydroxylamine groups is 2. The van der Waals surface area contributed by atoms with Gasteiger partial charge < -0.3 is 4.42 Å². The van der Waals surface area contributed by atoms with E-state index in [1.165, 1.54) is 30.9 Å². The van der Waals surface area contributed by atoms with E-state index in [9.17, 15) is 13.6 Å². The van der Waals surface area contributed by atoms with E-state index in [-0.39, 0.29) is 10.8 Å². The number of rotatable bonds is 4. The first kappa shape index (κ1) is 22.1. The van der Waals surface area contributed by atoms with Crippen molar-refractivity contribution in [2.45, 2.75) is 4.90 Å². The van der Waals surface area contributed by atoms with E-state index >= 15 is 0 Å². The monoisotopic (exact) mass is 458 g/mol. The molecule has 30 heavy (non-hydrogen) atoms. The highest BCUT2D eigenvalue weighted by Gasteiger charge is 2.17. The van der Waals surface area contributed by atoms with Gasteiger partial charge in [-0.2, -0.15) is 0 Å². The number of aromatic nitrogens is 1. The van der Waals surface area contributed by atoms with Crippen LogP contribution in [0.3, 0.4) is 0 Å². The summed E-state index contributed by atoms with van der Waals surface area (Å²) in [7, 11) is -1.84. The molecule has 9 heteroatoms. The van der Waals surface area contributed by atoms with Crippen LogP contribution in [-0.2, 0) is 9.84 Å². The highest BCUT2D eigenvalue weighted by Crippen LogP contribution is 2.33. The molecule has 0 aliphatic heterocycles. The Labute approximate surface area is 184 Å². The fraction of sp³-hybridized carbons (Fsp3) is 0.143. The van der Waals surface area contributed by atoms with Crippen LogP contribution in [0.2, 0.25) is 0 Å². The van der Waals surface area contributed by atoms with Crippen LogP contribution >= 0.6 is 24.0 Å². The van der Waals surface area contributed by atoms with Crippen molar-refractivity contribution in [1.82, 2.24) is 10.0 Å². The van der Waals surface area contributed by atoms with Gasteiger partial charge in [-0.15, -0.1) is 0 Å². The fourth-order valence-electron chi connectivity index (χ4n) is 2.52. The fourth-order valence-corrected chi connectivity index (χ4v) is 3.78. The van der Waals surface area contributed by atoms with Crippen LogP contribution in [0.1, 0.15) is 5.89 Å². The topological polar surface area (TPSA) is 83.6 Å². The molecular formula is C21H18N2O4S3. The Morgan fingerprint density at radius 3 is 2.43 bits per heavy atom. The Bertz CT molecular complexity index is 1210. The van der Waals surface area contributed by atoms with Crippen molar-refractivity contribution in [1.29, 1.82) is 0 Å². The largest absolute Gasteiger partial charge is 0.429 e. The third kappa shape index (κ3) is 5.49. The van der Waals surface area contributed by atoms with Crippen LogP contribution in [0.25, 0.3) is 22.6 Å². The minimum absolute atomic E-state index is 0.230. The zero-order valence-electron chi connectivity index (χ0n) is 16.2. The van der Waals surface area contributed by atoms with Crippen LogP contribution in [0, 0.1) is 11.8 Å². The van der Waals surface area contributed by atoms with Crippen molar-refractivity contribution < 1.29 is 18.0 Å². The molecule has 2 aromatic carbocycles. The molecule has 154 valence electrons. The van der Waals surface area contributed by atoms with Gasteiger partial charge in [-0.25, -0.2) is 18.5 Å². The van der Waals surface area contributed by atoms with Crippen LogP contribution < -0.4 is 0 Å². The first-order chi connectivity index (χ1) is 14.3. The average Bonchev–Trinajstić information content (AvgIpc) is 3.15. The molecule has 0 saturated heterocycles. The van der Waals surface area contributed by atoms with Crippen LogP contribution in [-0.4, -0.2) is 47.0 Å². The van der Waals surface area contributed by atoms with Gasteiger partial charge >= 0.3 is 0 Å². The van der Waals surface area contributed by atoms with Crippen molar-refractivity contribution in [3.8, 4) is 34.4 Å². The minimum Gasteiger partial charge on any atom is -0.429 e. The first-order valence-electron chi connectivity index (χ1n) is 8.70. The molecule has 3 aromatic rings. The lowest BCUT2D eigenvalue weighted by molar-refractivity contribution is 0.0205. The number of sulfone groups is 1. The summed E-state index contributed by atoms with van der Waals surface area (Å²) in [5.41, 5.74) is 2.17. The number of hydrogen-bond donors (Lipinski definition) is 1. The molecule has 1 N–H and O–H groups in total. The maximum atomic E-state index is 11.7. The molecule has 0 aliphatic rings. The molecule has 0 bridgehead atoms. The smallest absolute Gasteiger partial charge is 0.274 e. The van der Waals surface area contributed by atoms with Crippen LogP contribution in [0.5, 0.6) is 0 Å². The molecule has 0 radical (unpaired) electrons. The molecule has 0 saturated carbocycles. The van der Waals surface area contributed by atoms with Gasteiger partial charge in [0.25, 0.3) is 5.89 Å². The molecule has 0 spiro atoms. The quantitative estimate of drug-likeness (QED) is 0.355. The van der Waals surface area contributed by atoms with Crippen molar-refractivity contribution in [2.24, 2.45) is 0 Å². The third-order valence-electron chi connectivity index (χ3n) is 3.95. The van der Waals surface area contributed by atoms with E-state index in [0.717, 1.165) is 16.9 Å². The Morgan fingerprint density at radius 2 is 1.83 bits per heavy atom. The van der Waals surface area contributed by atoms with Crippen molar-refractivity contribution in [3.05, 3.63) is 60.5 Å². The molecule has 0 aliphatic carbocycles. The summed E-state index contributed by atoms with van der Waals surface area (Å²) in [6, 6.07) is 16.0. The molecule has 6 nitrogen and oxygen atoms in total. The standard InChI is InChI=1S/C21H18N2O4S3/c1-23(24)21(28)29-14-6-9-18-22-19(15-7-4-3-5-8-15)20(27-18)16-10-12-17(13-11-16)30(2,25)26/h3-5,7-8,10-13,24H,14H2,1-2H3. The Balaban J connectivity index is 1.95. The van der Waals surface area contributed by atoms with Crippen molar-refractivity contribution >= 4 is 38.1 Å². The van der Waals surface area contributed by atoms with E-state index in [1.807, 2.05) is 30.3 Å². The zero-order chi connectivity index (χ0) is 21.7. The summed E-state index contributed by atoms with van der Waals surface area (Å²) >= 11 is 6.21. The van der Waals surface area contributed by atoms with Gasteiger partial charge in [0, 0.05) is 24.4 Å². The van der Waals surface area contributed by atoms with Crippen LogP contribution in [0.15, 0.2) is 63.9 Å². The Morgan fingerprint density at radius 1 is 1.17 bits per heavy atom. The summed E-state index contributed by atoms with van der Waals surface area (Å²) in [5.74, 6) is 6.89. The van der Waals surface area contributed by atoms with E-state index in [0.29, 0.717) is 27.1 Å². The predicted molar refractivity (Wildman–Crippen MR) is 122 cm³/mol. The first-order valence-corrected chi connectivity index (χ1v) is 12.0. The van der Waals surface area contributed by atoms with Gasteiger partial charge in [0.05, 0.1) is 10.6 Å². The van der Waals surface area contributed by atoms with E-state index < -0.39 is 9.84 Å². The molecule has 1 aromatic heterocycles. The SMILES string of the molecule is CN(O)C(=S)SCC#Cc1nc(-c2ccccc2)c(-c2ccc(S(C)(=O)=O)cc2)o1. The number of oxazole rings is 1. The lowest BCUT2D eigenvalue weighted by Gasteiger charge is -2.07. The normalized spacial score (nSPS) is 10.9. The van der Waals surface area contributed by atoms with Crippen LogP contribution in [0.4, 0.5) is 0 Å². The zero-order valence-corrected chi connectivity index (χ0v) is 18.6. The van der Waals surface area contributed by atoms with E-state index in [1.54, 1.807) is 12.1 Å². The van der Waals surface area contributed by atoms with Gasteiger partial charge in [-0.3, -0.25) is 5.21 Å². The molecule has 0 fully saturated rings. The molecule has 0 atom stereocenters. The molecule has 0 amide bonds. The summed E-state index contributed by atoms with van der Waals surface area (Å²) in [5, 5.41) is 10.1. The summed E-state index contributed by atoms with van der Waals surface area (Å²) in [6.45, 7) is 0. The molecule has 0 unspecified atom stereocenters. The number of nitrogens with zero attached hydrogens (tertiary/aromatic N) is 2. The maximum Gasteiger partial charge on any atom is 0.274 e. The van der Waals surface area contributed by atoms with Gasteiger partial charge in [0.2, 0.25) is 0 Å². The number of thiocarbonyl (C=S) groups is 1. The van der Waals surface area contributed by atoms with Gasteiger partial charge in [-0.05, 0) is 30.2 Å². The van der Waals surface area contributed by atoms with Crippen molar-refractivity contribution in [2.75, 3.05) is 19.1 Å². The Kier molecular flexibility index (Phi) is 6.95. The summed E-state index contributed by atoms with van der Waals surface area (Å²) < 4.78 is 29.7. The second kappa shape index (κ2) is 9.45. The second-order valence-electron chi connectivity index (χ2n) is 6.24. The second-order valence-corrected chi connectivity index (χ2v) is 9.86. The van der Waals surface area contributed by atoms with Gasteiger partial charge in [0.15, 0.2) is 19.9 Å². The molecular weight excluding hydrogens is 440 g/mol. The lowest BCUT2D eigenvalue weighted by Crippen LogP contribution is -2.17. The summed E-state index contributed by atoms with van der Waals surface area (Å²) in [4.78, 5) is 4.75. The minimum atomic E-state index is -3.29. The number of thioether (sulfide) groups is 1.